The van der Waals surface area contributed by atoms with E-state index in [1.807, 2.05) is 6.07 Å². The first-order chi connectivity index (χ1) is 13.0. The lowest BCUT2D eigenvalue weighted by atomic mass is 9.90. The van der Waals surface area contributed by atoms with Gasteiger partial charge in [0.15, 0.2) is 6.10 Å². The number of amides is 1. The Kier molecular flexibility index (Phi) is 6.22. The molecule has 0 radical (unpaired) electrons. The van der Waals surface area contributed by atoms with Crippen LogP contribution in [-0.2, 0) is 40.1 Å². The number of benzene rings is 2. The maximum Gasteiger partial charge on any atom is 0.311 e. The van der Waals surface area contributed by atoms with E-state index in [4.69, 9.17) is 4.74 Å². The quantitative estimate of drug-likeness (QED) is 0.793. The molecule has 0 aromatic heterocycles. The predicted octanol–water partition coefficient (Wildman–Crippen LogP) is 3.50. The molecule has 5 heteroatoms. The number of hydrogen-bond donors (Lipinski definition) is 1. The highest BCUT2D eigenvalue weighted by Crippen LogP contribution is 2.22. The summed E-state index contributed by atoms with van der Waals surface area (Å²) >= 11 is 0. The molecule has 0 unspecified atom stereocenters. The largest absolute Gasteiger partial charge is 0.452 e. The van der Waals surface area contributed by atoms with Gasteiger partial charge in [0.05, 0.1) is 6.42 Å². The molecule has 0 heterocycles. The van der Waals surface area contributed by atoms with Gasteiger partial charge in [0.25, 0.3) is 5.91 Å². The number of ether oxygens (including phenoxy) is 1. The van der Waals surface area contributed by atoms with Crippen LogP contribution < -0.4 is 5.32 Å². The van der Waals surface area contributed by atoms with Crippen molar-refractivity contribution >= 4 is 11.9 Å². The smallest absolute Gasteiger partial charge is 0.311 e. The summed E-state index contributed by atoms with van der Waals surface area (Å²) in [6, 6.07) is 12.0. The Morgan fingerprint density at radius 2 is 1.70 bits per heavy atom. The van der Waals surface area contributed by atoms with Crippen molar-refractivity contribution in [1.82, 2.24) is 5.32 Å². The average Bonchev–Trinajstić information content (AvgIpc) is 2.67. The number of rotatable bonds is 6. The first-order valence-corrected chi connectivity index (χ1v) is 9.33. The molecule has 4 nitrogen and oxygen atoms in total. The van der Waals surface area contributed by atoms with Crippen molar-refractivity contribution in [3.8, 4) is 0 Å². The number of fused-ring (bicyclic) bond motifs is 1. The molecule has 0 saturated carbocycles. The fourth-order valence-electron chi connectivity index (χ4n) is 3.29. The number of aryl methyl sites for hydroxylation is 2. The molecule has 0 fully saturated rings. The molecule has 1 aliphatic carbocycles. The Balaban J connectivity index is 1.48. The Labute approximate surface area is 158 Å². The molecule has 3 rings (SSSR count). The minimum absolute atomic E-state index is 0.156. The minimum atomic E-state index is -0.879. The molecule has 0 bridgehead atoms. The highest BCUT2D eigenvalue weighted by atomic mass is 19.1. The lowest BCUT2D eigenvalue weighted by Crippen LogP contribution is -2.35. The molecule has 0 spiro atoms. The molecule has 2 aromatic carbocycles. The zero-order valence-corrected chi connectivity index (χ0v) is 15.5. The highest BCUT2D eigenvalue weighted by Gasteiger charge is 2.18. The van der Waals surface area contributed by atoms with Crippen LogP contribution in [0.2, 0.25) is 0 Å². The predicted molar refractivity (Wildman–Crippen MR) is 101 cm³/mol. The molecule has 142 valence electrons. The summed E-state index contributed by atoms with van der Waals surface area (Å²) in [5.74, 6) is -1.12. The van der Waals surface area contributed by atoms with Crippen molar-refractivity contribution in [3.05, 3.63) is 70.5 Å². The van der Waals surface area contributed by atoms with Gasteiger partial charge in [-0.25, -0.2) is 4.39 Å². The highest BCUT2D eigenvalue weighted by molar-refractivity contribution is 5.83. The average molecular weight is 369 g/mol. The van der Waals surface area contributed by atoms with Crippen molar-refractivity contribution in [2.24, 2.45) is 0 Å². The van der Waals surface area contributed by atoms with E-state index in [0.29, 0.717) is 0 Å². The SMILES string of the molecule is C[C@H](OC(=O)Cc1ccc2c(c1)CCCC2)C(=O)NCc1ccc(F)cc1. The molecule has 0 saturated heterocycles. The van der Waals surface area contributed by atoms with Crippen LogP contribution in [0, 0.1) is 5.82 Å². The number of hydrogen-bond acceptors (Lipinski definition) is 3. The Hall–Kier alpha value is -2.69. The standard InChI is InChI=1S/C22H24FNO3/c1-15(22(26)24-14-16-7-10-20(23)11-8-16)27-21(25)13-17-6-9-18-4-2-3-5-19(18)12-17/h6-12,15H,2-5,13-14H2,1H3,(H,24,26)/t15-/m0/s1. The summed E-state index contributed by atoms with van der Waals surface area (Å²) in [4.78, 5) is 24.3. The van der Waals surface area contributed by atoms with Crippen LogP contribution in [0.4, 0.5) is 4.39 Å². The Morgan fingerprint density at radius 1 is 1.04 bits per heavy atom. The first-order valence-electron chi connectivity index (χ1n) is 9.33. The van der Waals surface area contributed by atoms with Crippen LogP contribution >= 0.6 is 0 Å². The second-order valence-electron chi connectivity index (χ2n) is 6.96. The van der Waals surface area contributed by atoms with Crippen molar-refractivity contribution in [2.45, 2.75) is 51.7 Å². The van der Waals surface area contributed by atoms with Gasteiger partial charge in [0, 0.05) is 6.54 Å². The van der Waals surface area contributed by atoms with Crippen molar-refractivity contribution in [2.75, 3.05) is 0 Å². The number of esters is 1. The number of halogens is 1. The van der Waals surface area contributed by atoms with Gasteiger partial charge < -0.3 is 10.1 Å². The molecule has 27 heavy (non-hydrogen) atoms. The van der Waals surface area contributed by atoms with Crippen molar-refractivity contribution < 1.29 is 18.7 Å². The van der Waals surface area contributed by atoms with E-state index < -0.39 is 12.1 Å². The van der Waals surface area contributed by atoms with Crippen LogP contribution in [0.5, 0.6) is 0 Å². The summed E-state index contributed by atoms with van der Waals surface area (Å²) in [6.07, 6.45) is 3.84. The Morgan fingerprint density at radius 3 is 2.44 bits per heavy atom. The van der Waals surface area contributed by atoms with Crippen LogP contribution in [0.3, 0.4) is 0 Å². The van der Waals surface area contributed by atoms with E-state index in [1.165, 1.54) is 36.1 Å². The topological polar surface area (TPSA) is 55.4 Å². The van der Waals surface area contributed by atoms with Gasteiger partial charge in [-0.2, -0.15) is 0 Å². The normalized spacial score (nSPS) is 14.1. The molecule has 1 amide bonds. The molecule has 2 aromatic rings. The van der Waals surface area contributed by atoms with Gasteiger partial charge in [-0.05, 0) is 67.0 Å². The molecule has 1 atom stereocenters. The molecule has 1 N–H and O–H groups in total. The summed E-state index contributed by atoms with van der Waals surface area (Å²) < 4.78 is 18.1. The summed E-state index contributed by atoms with van der Waals surface area (Å²) in [5, 5.41) is 2.69. The number of nitrogens with one attached hydrogen (secondary N) is 1. The van der Waals surface area contributed by atoms with Crippen LogP contribution in [0.1, 0.15) is 42.0 Å². The maximum absolute atomic E-state index is 12.9. The number of carbonyl (C=O) groups excluding carboxylic acids is 2. The monoisotopic (exact) mass is 369 g/mol. The van der Waals surface area contributed by atoms with E-state index >= 15 is 0 Å². The van der Waals surface area contributed by atoms with Crippen LogP contribution in [0.25, 0.3) is 0 Å². The third-order valence-electron chi connectivity index (χ3n) is 4.82. The van der Waals surface area contributed by atoms with Gasteiger partial charge in [0.1, 0.15) is 5.82 Å². The second-order valence-corrected chi connectivity index (χ2v) is 6.96. The van der Waals surface area contributed by atoms with E-state index in [9.17, 15) is 14.0 Å². The lowest BCUT2D eigenvalue weighted by molar-refractivity contribution is -0.154. The van der Waals surface area contributed by atoms with Gasteiger partial charge in [0.2, 0.25) is 0 Å². The molecule has 1 aliphatic rings. The fraction of sp³-hybridized carbons (Fsp3) is 0.364. The Bertz CT molecular complexity index is 817. The van der Waals surface area contributed by atoms with Gasteiger partial charge in [-0.3, -0.25) is 9.59 Å². The van der Waals surface area contributed by atoms with E-state index in [2.05, 4.69) is 17.4 Å². The van der Waals surface area contributed by atoms with Crippen molar-refractivity contribution in [1.29, 1.82) is 0 Å². The van der Waals surface area contributed by atoms with Crippen LogP contribution in [-0.4, -0.2) is 18.0 Å². The van der Waals surface area contributed by atoms with Crippen molar-refractivity contribution in [3.63, 3.8) is 0 Å². The van der Waals surface area contributed by atoms with Gasteiger partial charge in [-0.15, -0.1) is 0 Å². The van der Waals surface area contributed by atoms with E-state index in [0.717, 1.165) is 24.0 Å². The molecular weight excluding hydrogens is 345 g/mol. The summed E-state index contributed by atoms with van der Waals surface area (Å²) in [7, 11) is 0. The maximum atomic E-state index is 12.9. The second kappa shape index (κ2) is 8.80. The fourth-order valence-corrected chi connectivity index (χ4v) is 3.29. The van der Waals surface area contributed by atoms with Crippen LogP contribution in [0.15, 0.2) is 42.5 Å². The third kappa shape index (κ3) is 5.39. The van der Waals surface area contributed by atoms with Gasteiger partial charge in [-0.1, -0.05) is 30.3 Å². The summed E-state index contributed by atoms with van der Waals surface area (Å²) in [5.41, 5.74) is 4.38. The number of carbonyl (C=O) groups is 2. The first kappa shape index (κ1) is 19.1. The van der Waals surface area contributed by atoms with E-state index in [-0.39, 0.29) is 24.7 Å². The minimum Gasteiger partial charge on any atom is -0.452 e. The molecular formula is C22H24FNO3. The zero-order chi connectivity index (χ0) is 19.2. The summed E-state index contributed by atoms with van der Waals surface area (Å²) in [6.45, 7) is 1.80. The lowest BCUT2D eigenvalue weighted by Gasteiger charge is -2.17. The zero-order valence-electron chi connectivity index (χ0n) is 15.5. The van der Waals surface area contributed by atoms with Gasteiger partial charge >= 0.3 is 5.97 Å². The molecule has 0 aliphatic heterocycles. The van der Waals surface area contributed by atoms with E-state index in [1.54, 1.807) is 19.1 Å². The third-order valence-corrected chi connectivity index (χ3v) is 4.82.